The minimum Gasteiger partial charge on any atom is -0.314 e. The SMILES string of the molecule is CCNC(C)C(C)Cc1ccc(CC)cc1. The van der Waals surface area contributed by atoms with Crippen LogP contribution in [0.2, 0.25) is 0 Å². The predicted octanol–water partition coefficient (Wildman–Crippen LogP) is 3.43. The highest BCUT2D eigenvalue weighted by atomic mass is 14.9. The Hall–Kier alpha value is -0.820. The lowest BCUT2D eigenvalue weighted by atomic mass is 9.94. The zero-order valence-electron chi connectivity index (χ0n) is 11.1. The molecule has 1 aromatic carbocycles. The van der Waals surface area contributed by atoms with Gasteiger partial charge in [0.15, 0.2) is 0 Å². The van der Waals surface area contributed by atoms with Crippen LogP contribution >= 0.6 is 0 Å². The summed E-state index contributed by atoms with van der Waals surface area (Å²) in [7, 11) is 0. The Morgan fingerprint density at radius 1 is 1.00 bits per heavy atom. The van der Waals surface area contributed by atoms with Gasteiger partial charge in [0.25, 0.3) is 0 Å². The molecule has 1 N–H and O–H groups in total. The quantitative estimate of drug-likeness (QED) is 0.773. The maximum atomic E-state index is 3.49. The summed E-state index contributed by atoms with van der Waals surface area (Å²) >= 11 is 0. The van der Waals surface area contributed by atoms with Crippen molar-refractivity contribution in [2.75, 3.05) is 6.54 Å². The fourth-order valence-electron chi connectivity index (χ4n) is 1.98. The van der Waals surface area contributed by atoms with Crippen LogP contribution in [0, 0.1) is 5.92 Å². The first-order valence-electron chi connectivity index (χ1n) is 6.48. The van der Waals surface area contributed by atoms with Crippen LogP contribution in [0.3, 0.4) is 0 Å². The Morgan fingerprint density at radius 2 is 1.56 bits per heavy atom. The van der Waals surface area contributed by atoms with Gasteiger partial charge >= 0.3 is 0 Å². The van der Waals surface area contributed by atoms with Gasteiger partial charge in [0.05, 0.1) is 0 Å². The van der Waals surface area contributed by atoms with Crippen LogP contribution in [0.1, 0.15) is 38.8 Å². The van der Waals surface area contributed by atoms with Gasteiger partial charge < -0.3 is 5.32 Å². The Bertz CT molecular complexity index is 289. The van der Waals surface area contributed by atoms with Gasteiger partial charge in [-0.05, 0) is 43.4 Å². The smallest absolute Gasteiger partial charge is 0.00674 e. The molecule has 0 saturated carbocycles. The summed E-state index contributed by atoms with van der Waals surface area (Å²) < 4.78 is 0. The summed E-state index contributed by atoms with van der Waals surface area (Å²) in [5.41, 5.74) is 2.88. The molecular formula is C15H25N. The third-order valence-corrected chi connectivity index (χ3v) is 3.37. The fraction of sp³-hybridized carbons (Fsp3) is 0.600. The minimum atomic E-state index is 0.593. The van der Waals surface area contributed by atoms with E-state index in [1.165, 1.54) is 11.1 Å². The van der Waals surface area contributed by atoms with Gasteiger partial charge in [0, 0.05) is 6.04 Å². The lowest BCUT2D eigenvalue weighted by Crippen LogP contribution is -2.32. The van der Waals surface area contributed by atoms with Crippen LogP contribution in [0.5, 0.6) is 0 Å². The van der Waals surface area contributed by atoms with Gasteiger partial charge in [-0.2, -0.15) is 0 Å². The number of hydrogen-bond acceptors (Lipinski definition) is 1. The molecule has 2 atom stereocenters. The summed E-state index contributed by atoms with van der Waals surface area (Å²) in [5, 5.41) is 3.49. The summed E-state index contributed by atoms with van der Waals surface area (Å²) in [6, 6.07) is 9.64. The van der Waals surface area contributed by atoms with E-state index in [1.807, 2.05) is 0 Å². The molecule has 0 spiro atoms. The number of aryl methyl sites for hydroxylation is 1. The predicted molar refractivity (Wildman–Crippen MR) is 71.8 cm³/mol. The summed E-state index contributed by atoms with van der Waals surface area (Å²) in [4.78, 5) is 0. The topological polar surface area (TPSA) is 12.0 Å². The average Bonchev–Trinajstić information content (AvgIpc) is 2.30. The first-order valence-corrected chi connectivity index (χ1v) is 6.48. The standard InChI is InChI=1S/C15H25N/c1-5-14-7-9-15(10-8-14)11-12(3)13(4)16-6-2/h7-10,12-13,16H,5-6,11H2,1-4H3. The molecule has 1 heteroatoms. The minimum absolute atomic E-state index is 0.593. The Morgan fingerprint density at radius 3 is 2.06 bits per heavy atom. The third-order valence-electron chi connectivity index (χ3n) is 3.37. The van der Waals surface area contributed by atoms with Crippen LogP contribution in [-0.2, 0) is 12.8 Å². The van der Waals surface area contributed by atoms with E-state index < -0.39 is 0 Å². The van der Waals surface area contributed by atoms with E-state index in [9.17, 15) is 0 Å². The molecule has 0 aromatic heterocycles. The van der Waals surface area contributed by atoms with E-state index in [1.54, 1.807) is 0 Å². The number of hydrogen-bond donors (Lipinski definition) is 1. The molecule has 0 bridgehead atoms. The Balaban J connectivity index is 2.52. The largest absolute Gasteiger partial charge is 0.314 e. The van der Waals surface area contributed by atoms with Crippen molar-refractivity contribution in [3.63, 3.8) is 0 Å². The van der Waals surface area contributed by atoms with Crippen LogP contribution in [0.25, 0.3) is 0 Å². The van der Waals surface area contributed by atoms with Gasteiger partial charge in [-0.1, -0.05) is 45.0 Å². The maximum absolute atomic E-state index is 3.49. The normalized spacial score (nSPS) is 14.8. The summed E-state index contributed by atoms with van der Waals surface area (Å²) in [6.07, 6.45) is 2.29. The Kier molecular flexibility index (Phi) is 5.54. The van der Waals surface area contributed by atoms with E-state index >= 15 is 0 Å². The van der Waals surface area contributed by atoms with E-state index in [-0.39, 0.29) is 0 Å². The monoisotopic (exact) mass is 219 g/mol. The van der Waals surface area contributed by atoms with Gasteiger partial charge in [-0.15, -0.1) is 0 Å². The van der Waals surface area contributed by atoms with E-state index in [0.717, 1.165) is 19.4 Å². The highest BCUT2D eigenvalue weighted by Crippen LogP contribution is 2.13. The highest BCUT2D eigenvalue weighted by molar-refractivity contribution is 5.22. The van der Waals surface area contributed by atoms with Crippen molar-refractivity contribution in [3.8, 4) is 0 Å². The van der Waals surface area contributed by atoms with Gasteiger partial charge in [0.1, 0.15) is 0 Å². The van der Waals surface area contributed by atoms with Crippen molar-refractivity contribution in [2.45, 2.75) is 46.6 Å². The first-order chi connectivity index (χ1) is 7.67. The zero-order chi connectivity index (χ0) is 12.0. The zero-order valence-corrected chi connectivity index (χ0v) is 11.1. The van der Waals surface area contributed by atoms with Crippen molar-refractivity contribution in [3.05, 3.63) is 35.4 Å². The third kappa shape index (κ3) is 3.97. The molecule has 0 aliphatic rings. The molecule has 0 fully saturated rings. The van der Waals surface area contributed by atoms with Gasteiger partial charge in [0.2, 0.25) is 0 Å². The number of rotatable bonds is 6. The molecule has 2 unspecified atom stereocenters. The second-order valence-corrected chi connectivity index (χ2v) is 4.70. The van der Waals surface area contributed by atoms with Crippen molar-refractivity contribution in [1.29, 1.82) is 0 Å². The molecule has 0 aliphatic carbocycles. The van der Waals surface area contributed by atoms with Crippen LogP contribution in [0.15, 0.2) is 24.3 Å². The lowest BCUT2D eigenvalue weighted by Gasteiger charge is -2.20. The van der Waals surface area contributed by atoms with Crippen LogP contribution in [0.4, 0.5) is 0 Å². The average molecular weight is 219 g/mol. The molecule has 0 heterocycles. The highest BCUT2D eigenvalue weighted by Gasteiger charge is 2.11. The first kappa shape index (κ1) is 13.2. The molecular weight excluding hydrogens is 194 g/mol. The van der Waals surface area contributed by atoms with Gasteiger partial charge in [-0.3, -0.25) is 0 Å². The molecule has 1 aromatic rings. The lowest BCUT2D eigenvalue weighted by molar-refractivity contribution is 0.406. The second kappa shape index (κ2) is 6.70. The summed E-state index contributed by atoms with van der Waals surface area (Å²) in [5.74, 6) is 0.687. The maximum Gasteiger partial charge on any atom is 0.00674 e. The molecule has 16 heavy (non-hydrogen) atoms. The Labute approximate surface area is 100 Å². The van der Waals surface area contributed by atoms with Crippen molar-refractivity contribution < 1.29 is 0 Å². The second-order valence-electron chi connectivity index (χ2n) is 4.70. The van der Waals surface area contributed by atoms with Gasteiger partial charge in [-0.25, -0.2) is 0 Å². The van der Waals surface area contributed by atoms with E-state index in [0.29, 0.717) is 12.0 Å². The molecule has 0 saturated heterocycles. The molecule has 1 nitrogen and oxygen atoms in total. The molecule has 0 aliphatic heterocycles. The van der Waals surface area contributed by atoms with Crippen molar-refractivity contribution >= 4 is 0 Å². The van der Waals surface area contributed by atoms with Crippen molar-refractivity contribution in [1.82, 2.24) is 5.32 Å². The van der Waals surface area contributed by atoms with E-state index in [2.05, 4.69) is 57.3 Å². The number of nitrogens with one attached hydrogen (secondary N) is 1. The van der Waals surface area contributed by atoms with Crippen molar-refractivity contribution in [2.24, 2.45) is 5.92 Å². The molecule has 90 valence electrons. The van der Waals surface area contributed by atoms with Crippen LogP contribution in [-0.4, -0.2) is 12.6 Å². The van der Waals surface area contributed by atoms with E-state index in [4.69, 9.17) is 0 Å². The summed E-state index contributed by atoms with van der Waals surface area (Å²) in [6.45, 7) is 10.0. The fourth-order valence-corrected chi connectivity index (χ4v) is 1.98. The van der Waals surface area contributed by atoms with Crippen LogP contribution < -0.4 is 5.32 Å². The molecule has 0 amide bonds. The molecule has 0 radical (unpaired) electrons. The number of benzene rings is 1. The molecule has 1 rings (SSSR count).